The standard InChI is InChI=1S/C18H29NO/c1-14(2)16-11-7-8-12-17(16)19-18(13-20-3)15-9-5-4-6-10-15/h4-6,9-10,14,16-19H,7-8,11-13H2,1-3H3. The van der Waals surface area contributed by atoms with Gasteiger partial charge in [0.15, 0.2) is 0 Å². The van der Waals surface area contributed by atoms with E-state index in [4.69, 9.17) is 4.74 Å². The van der Waals surface area contributed by atoms with Gasteiger partial charge < -0.3 is 10.1 Å². The third-order valence-corrected chi connectivity index (χ3v) is 4.63. The first-order valence-electron chi connectivity index (χ1n) is 8.02. The summed E-state index contributed by atoms with van der Waals surface area (Å²) in [5, 5.41) is 3.88. The van der Waals surface area contributed by atoms with E-state index in [1.165, 1.54) is 31.2 Å². The zero-order chi connectivity index (χ0) is 14.4. The normalized spacial score (nSPS) is 24.8. The van der Waals surface area contributed by atoms with Crippen molar-refractivity contribution in [3.8, 4) is 0 Å². The van der Waals surface area contributed by atoms with Gasteiger partial charge in [0.2, 0.25) is 0 Å². The van der Waals surface area contributed by atoms with Gasteiger partial charge >= 0.3 is 0 Å². The maximum Gasteiger partial charge on any atom is 0.0657 e. The van der Waals surface area contributed by atoms with E-state index in [1.54, 1.807) is 7.11 Å². The van der Waals surface area contributed by atoms with E-state index in [2.05, 4.69) is 49.5 Å². The first-order valence-corrected chi connectivity index (χ1v) is 8.02. The predicted octanol–water partition coefficient (Wildman–Crippen LogP) is 4.18. The van der Waals surface area contributed by atoms with Crippen molar-refractivity contribution in [3.63, 3.8) is 0 Å². The van der Waals surface area contributed by atoms with Crippen LogP contribution in [0.25, 0.3) is 0 Å². The molecule has 2 nitrogen and oxygen atoms in total. The largest absolute Gasteiger partial charge is 0.383 e. The van der Waals surface area contributed by atoms with Gasteiger partial charge in [-0.25, -0.2) is 0 Å². The maximum atomic E-state index is 5.43. The van der Waals surface area contributed by atoms with Gasteiger partial charge in [-0.3, -0.25) is 0 Å². The molecule has 0 radical (unpaired) electrons. The molecule has 20 heavy (non-hydrogen) atoms. The highest BCUT2D eigenvalue weighted by atomic mass is 16.5. The van der Waals surface area contributed by atoms with E-state index in [0.717, 1.165) is 18.4 Å². The third kappa shape index (κ3) is 4.07. The molecule has 1 aliphatic carbocycles. The van der Waals surface area contributed by atoms with Crippen LogP contribution in [0, 0.1) is 11.8 Å². The lowest BCUT2D eigenvalue weighted by Crippen LogP contribution is -2.43. The second-order valence-corrected chi connectivity index (χ2v) is 6.38. The topological polar surface area (TPSA) is 21.3 Å². The number of benzene rings is 1. The Kier molecular flexibility index (Phi) is 6.06. The van der Waals surface area contributed by atoms with E-state index < -0.39 is 0 Å². The highest BCUT2D eigenvalue weighted by molar-refractivity contribution is 5.19. The Morgan fingerprint density at radius 1 is 1.15 bits per heavy atom. The van der Waals surface area contributed by atoms with Gasteiger partial charge in [-0.2, -0.15) is 0 Å². The summed E-state index contributed by atoms with van der Waals surface area (Å²) in [6.45, 7) is 5.46. The second kappa shape index (κ2) is 7.80. The van der Waals surface area contributed by atoms with Crippen molar-refractivity contribution in [2.24, 2.45) is 11.8 Å². The average molecular weight is 275 g/mol. The summed E-state index contributed by atoms with van der Waals surface area (Å²) >= 11 is 0. The highest BCUT2D eigenvalue weighted by Crippen LogP contribution is 2.31. The fraction of sp³-hybridized carbons (Fsp3) is 0.667. The fourth-order valence-corrected chi connectivity index (χ4v) is 3.52. The predicted molar refractivity (Wildman–Crippen MR) is 84.8 cm³/mol. The summed E-state index contributed by atoms with van der Waals surface area (Å²) in [6, 6.07) is 11.6. The van der Waals surface area contributed by atoms with Crippen LogP contribution in [0.1, 0.15) is 51.1 Å². The summed E-state index contributed by atoms with van der Waals surface area (Å²) < 4.78 is 5.43. The minimum atomic E-state index is 0.311. The molecular weight excluding hydrogens is 246 g/mol. The quantitative estimate of drug-likeness (QED) is 0.841. The third-order valence-electron chi connectivity index (χ3n) is 4.63. The van der Waals surface area contributed by atoms with Crippen LogP contribution in [0.5, 0.6) is 0 Å². The van der Waals surface area contributed by atoms with Crippen LogP contribution in [0.3, 0.4) is 0 Å². The van der Waals surface area contributed by atoms with E-state index in [0.29, 0.717) is 12.1 Å². The molecule has 1 N–H and O–H groups in total. The van der Waals surface area contributed by atoms with Crippen LogP contribution in [-0.4, -0.2) is 19.8 Å². The summed E-state index contributed by atoms with van der Waals surface area (Å²) in [5.41, 5.74) is 1.34. The summed E-state index contributed by atoms with van der Waals surface area (Å²) in [6.07, 6.45) is 5.41. The molecule has 1 aromatic rings. The lowest BCUT2D eigenvalue weighted by molar-refractivity contribution is 0.133. The summed E-state index contributed by atoms with van der Waals surface area (Å²) in [7, 11) is 1.79. The van der Waals surface area contributed by atoms with Gasteiger partial charge in [0, 0.05) is 13.2 Å². The van der Waals surface area contributed by atoms with Crippen LogP contribution >= 0.6 is 0 Å². The van der Waals surface area contributed by atoms with Crippen molar-refractivity contribution < 1.29 is 4.74 Å². The molecule has 0 aliphatic heterocycles. The monoisotopic (exact) mass is 275 g/mol. The minimum Gasteiger partial charge on any atom is -0.383 e. The van der Waals surface area contributed by atoms with Crippen LogP contribution in [0.4, 0.5) is 0 Å². The SMILES string of the molecule is COCC(NC1CCCCC1C(C)C)c1ccccc1. The first kappa shape index (κ1) is 15.5. The van der Waals surface area contributed by atoms with E-state index in [1.807, 2.05) is 0 Å². The van der Waals surface area contributed by atoms with Gasteiger partial charge in [0.1, 0.15) is 0 Å². The second-order valence-electron chi connectivity index (χ2n) is 6.38. The number of hydrogen-bond acceptors (Lipinski definition) is 2. The van der Waals surface area contributed by atoms with Gasteiger partial charge in [0.25, 0.3) is 0 Å². The van der Waals surface area contributed by atoms with Gasteiger partial charge in [-0.05, 0) is 30.2 Å². The Morgan fingerprint density at radius 3 is 2.50 bits per heavy atom. The van der Waals surface area contributed by atoms with Crippen LogP contribution < -0.4 is 5.32 Å². The van der Waals surface area contributed by atoms with Crippen LogP contribution in [0.2, 0.25) is 0 Å². The number of ether oxygens (including phenoxy) is 1. The molecule has 2 heteroatoms. The number of nitrogens with one attached hydrogen (secondary N) is 1. The molecule has 1 aliphatic rings. The molecular formula is C18H29NO. The molecule has 3 unspecified atom stereocenters. The van der Waals surface area contributed by atoms with E-state index in [-0.39, 0.29) is 0 Å². The molecule has 1 fully saturated rings. The molecule has 0 saturated heterocycles. The van der Waals surface area contributed by atoms with Crippen LogP contribution in [-0.2, 0) is 4.74 Å². The van der Waals surface area contributed by atoms with Crippen molar-refractivity contribution in [2.75, 3.05) is 13.7 Å². The van der Waals surface area contributed by atoms with Crippen molar-refractivity contribution in [1.29, 1.82) is 0 Å². The number of hydrogen-bond donors (Lipinski definition) is 1. The van der Waals surface area contributed by atoms with Crippen molar-refractivity contribution in [3.05, 3.63) is 35.9 Å². The zero-order valence-corrected chi connectivity index (χ0v) is 13.1. The number of methoxy groups -OCH3 is 1. The zero-order valence-electron chi connectivity index (χ0n) is 13.1. The molecule has 1 saturated carbocycles. The van der Waals surface area contributed by atoms with Crippen molar-refractivity contribution in [2.45, 2.75) is 51.6 Å². The molecule has 112 valence electrons. The Bertz CT molecular complexity index is 376. The van der Waals surface area contributed by atoms with Gasteiger partial charge in [0.05, 0.1) is 12.6 Å². The first-order chi connectivity index (χ1) is 9.72. The maximum absolute atomic E-state index is 5.43. The van der Waals surface area contributed by atoms with Crippen LogP contribution in [0.15, 0.2) is 30.3 Å². The Balaban J connectivity index is 2.06. The van der Waals surface area contributed by atoms with Crippen molar-refractivity contribution in [1.82, 2.24) is 5.32 Å². The van der Waals surface area contributed by atoms with E-state index in [9.17, 15) is 0 Å². The smallest absolute Gasteiger partial charge is 0.0657 e. The van der Waals surface area contributed by atoms with E-state index >= 15 is 0 Å². The Hall–Kier alpha value is -0.860. The fourth-order valence-electron chi connectivity index (χ4n) is 3.52. The molecule has 0 bridgehead atoms. The molecule has 0 aromatic heterocycles. The Morgan fingerprint density at radius 2 is 1.85 bits per heavy atom. The lowest BCUT2D eigenvalue weighted by atomic mass is 9.77. The summed E-state index contributed by atoms with van der Waals surface area (Å²) in [5.74, 6) is 1.55. The molecule has 2 rings (SSSR count). The molecule has 1 aromatic carbocycles. The molecule has 3 atom stereocenters. The van der Waals surface area contributed by atoms with Gasteiger partial charge in [-0.1, -0.05) is 57.0 Å². The molecule has 0 amide bonds. The minimum absolute atomic E-state index is 0.311. The average Bonchev–Trinajstić information content (AvgIpc) is 2.48. The van der Waals surface area contributed by atoms with Gasteiger partial charge in [-0.15, -0.1) is 0 Å². The Labute approximate surface area is 123 Å². The molecule has 0 spiro atoms. The highest BCUT2D eigenvalue weighted by Gasteiger charge is 2.29. The number of rotatable bonds is 6. The summed E-state index contributed by atoms with van der Waals surface area (Å²) in [4.78, 5) is 0. The molecule has 0 heterocycles. The van der Waals surface area contributed by atoms with Crippen molar-refractivity contribution >= 4 is 0 Å². The lowest BCUT2D eigenvalue weighted by Gasteiger charge is -2.37.